The van der Waals surface area contributed by atoms with E-state index in [0.29, 0.717) is 44.9 Å². The summed E-state index contributed by atoms with van der Waals surface area (Å²) in [6.45, 7) is 6.14. The van der Waals surface area contributed by atoms with Gasteiger partial charge in [0.05, 0.1) is 0 Å². The Balaban J connectivity index is 1.59. The molecule has 164 valence electrons. The molecule has 0 radical (unpaired) electrons. The molecule has 1 unspecified atom stereocenters. The van der Waals surface area contributed by atoms with Crippen molar-refractivity contribution in [3.63, 3.8) is 0 Å². The molecule has 2 aliphatic rings. The highest BCUT2D eigenvalue weighted by atomic mass is 16.2. The summed E-state index contributed by atoms with van der Waals surface area (Å²) in [6.07, 6.45) is 5.84. The molecular formula is C24H35N3O3. The Morgan fingerprint density at radius 1 is 0.967 bits per heavy atom. The van der Waals surface area contributed by atoms with Crippen LogP contribution in [0.15, 0.2) is 30.3 Å². The van der Waals surface area contributed by atoms with Gasteiger partial charge >= 0.3 is 0 Å². The van der Waals surface area contributed by atoms with Gasteiger partial charge in [-0.05, 0) is 30.2 Å². The molecule has 30 heavy (non-hydrogen) atoms. The second-order valence-corrected chi connectivity index (χ2v) is 9.07. The molecule has 0 aromatic heterocycles. The number of piperazine rings is 1. The van der Waals surface area contributed by atoms with Gasteiger partial charge in [0.15, 0.2) is 0 Å². The zero-order valence-corrected chi connectivity index (χ0v) is 18.3. The Labute approximate surface area is 180 Å². The maximum atomic E-state index is 13.3. The Kier molecular flexibility index (Phi) is 7.88. The van der Waals surface area contributed by atoms with Crippen LogP contribution in [-0.4, -0.2) is 53.7 Å². The van der Waals surface area contributed by atoms with Gasteiger partial charge in [-0.3, -0.25) is 14.4 Å². The Morgan fingerprint density at radius 3 is 2.17 bits per heavy atom. The number of carbonyl (C=O) groups is 3. The zero-order chi connectivity index (χ0) is 21.5. The minimum absolute atomic E-state index is 0.0961. The lowest BCUT2D eigenvalue weighted by Gasteiger charge is -2.37. The normalized spacial score (nSPS) is 18.5. The van der Waals surface area contributed by atoms with Crippen LogP contribution in [0.2, 0.25) is 0 Å². The standard InChI is InChI=1S/C24H35N3O3/c1-18(2)16-21(28)25-23(20-10-4-3-5-11-20)24(30)27-14-12-26(13-15-27)22(29)17-19-8-6-7-9-19/h3-5,10-11,18-19,23H,6-9,12-17H2,1-2H3,(H,25,28). The second-order valence-electron chi connectivity index (χ2n) is 9.07. The third-order valence-electron chi connectivity index (χ3n) is 6.16. The molecule has 1 heterocycles. The molecule has 1 saturated carbocycles. The lowest BCUT2D eigenvalue weighted by atomic mass is 10.0. The van der Waals surface area contributed by atoms with E-state index >= 15 is 0 Å². The van der Waals surface area contributed by atoms with Crippen molar-refractivity contribution in [2.24, 2.45) is 11.8 Å². The second kappa shape index (κ2) is 10.6. The van der Waals surface area contributed by atoms with Crippen molar-refractivity contribution in [2.75, 3.05) is 26.2 Å². The molecule has 1 aromatic rings. The topological polar surface area (TPSA) is 69.7 Å². The zero-order valence-electron chi connectivity index (χ0n) is 18.3. The van der Waals surface area contributed by atoms with Gasteiger partial charge in [0, 0.05) is 39.0 Å². The summed E-state index contributed by atoms with van der Waals surface area (Å²) in [4.78, 5) is 42.0. The van der Waals surface area contributed by atoms with Crippen LogP contribution in [0, 0.1) is 11.8 Å². The van der Waals surface area contributed by atoms with Crippen molar-refractivity contribution in [2.45, 2.75) is 58.4 Å². The van der Waals surface area contributed by atoms with Crippen molar-refractivity contribution in [1.29, 1.82) is 0 Å². The molecule has 1 N–H and O–H groups in total. The Hall–Kier alpha value is -2.37. The van der Waals surface area contributed by atoms with E-state index in [9.17, 15) is 14.4 Å². The molecule has 1 aliphatic heterocycles. The van der Waals surface area contributed by atoms with Crippen molar-refractivity contribution in [3.8, 4) is 0 Å². The number of hydrogen-bond donors (Lipinski definition) is 1. The first-order chi connectivity index (χ1) is 14.4. The van der Waals surface area contributed by atoms with Gasteiger partial charge in [0.2, 0.25) is 17.7 Å². The molecule has 6 heteroatoms. The number of amides is 3. The molecule has 1 aromatic carbocycles. The van der Waals surface area contributed by atoms with Crippen molar-refractivity contribution < 1.29 is 14.4 Å². The van der Waals surface area contributed by atoms with Gasteiger partial charge in [-0.1, -0.05) is 57.0 Å². The van der Waals surface area contributed by atoms with E-state index in [1.165, 1.54) is 25.7 Å². The fraction of sp³-hybridized carbons (Fsp3) is 0.625. The summed E-state index contributed by atoms with van der Waals surface area (Å²) >= 11 is 0. The molecule has 2 fully saturated rings. The van der Waals surface area contributed by atoms with Gasteiger partial charge in [-0.15, -0.1) is 0 Å². The quantitative estimate of drug-likeness (QED) is 0.747. The maximum absolute atomic E-state index is 13.3. The highest BCUT2D eigenvalue weighted by Crippen LogP contribution is 2.28. The van der Waals surface area contributed by atoms with E-state index in [0.717, 1.165) is 5.56 Å². The van der Waals surface area contributed by atoms with E-state index in [4.69, 9.17) is 0 Å². The smallest absolute Gasteiger partial charge is 0.249 e. The molecule has 6 nitrogen and oxygen atoms in total. The number of nitrogens with one attached hydrogen (secondary N) is 1. The van der Waals surface area contributed by atoms with Crippen LogP contribution in [0.3, 0.4) is 0 Å². The first-order valence-corrected chi connectivity index (χ1v) is 11.3. The van der Waals surface area contributed by atoms with Crippen molar-refractivity contribution in [3.05, 3.63) is 35.9 Å². The van der Waals surface area contributed by atoms with Crippen molar-refractivity contribution >= 4 is 17.7 Å². The summed E-state index contributed by atoms with van der Waals surface area (Å²) in [7, 11) is 0. The summed E-state index contributed by atoms with van der Waals surface area (Å²) in [5, 5.41) is 2.93. The predicted molar refractivity (Wildman–Crippen MR) is 117 cm³/mol. The highest BCUT2D eigenvalue weighted by molar-refractivity contribution is 5.89. The molecule has 1 atom stereocenters. The summed E-state index contributed by atoms with van der Waals surface area (Å²) < 4.78 is 0. The third kappa shape index (κ3) is 6.07. The van der Waals surface area contributed by atoms with Crippen LogP contribution in [0.5, 0.6) is 0 Å². The number of benzene rings is 1. The SMILES string of the molecule is CC(C)CC(=O)NC(C(=O)N1CCN(C(=O)CC2CCCC2)CC1)c1ccccc1. The van der Waals surface area contributed by atoms with E-state index in [2.05, 4.69) is 5.32 Å². The minimum atomic E-state index is -0.682. The van der Waals surface area contributed by atoms with E-state index < -0.39 is 6.04 Å². The van der Waals surface area contributed by atoms with Crippen LogP contribution >= 0.6 is 0 Å². The average Bonchev–Trinajstić information content (AvgIpc) is 3.25. The fourth-order valence-corrected chi connectivity index (χ4v) is 4.47. The lowest BCUT2D eigenvalue weighted by Crippen LogP contribution is -2.53. The van der Waals surface area contributed by atoms with Gasteiger partial charge in [0.1, 0.15) is 6.04 Å². The van der Waals surface area contributed by atoms with Gasteiger partial charge < -0.3 is 15.1 Å². The first-order valence-electron chi connectivity index (χ1n) is 11.3. The van der Waals surface area contributed by atoms with Crippen LogP contribution in [0.25, 0.3) is 0 Å². The summed E-state index contributed by atoms with van der Waals surface area (Å²) in [6, 6.07) is 8.72. The molecule has 3 rings (SSSR count). The number of rotatable bonds is 7. The van der Waals surface area contributed by atoms with Gasteiger partial charge in [-0.25, -0.2) is 0 Å². The first kappa shape index (κ1) is 22.3. The van der Waals surface area contributed by atoms with Crippen LogP contribution < -0.4 is 5.32 Å². The molecule has 0 bridgehead atoms. The number of hydrogen-bond acceptors (Lipinski definition) is 3. The average molecular weight is 414 g/mol. The van der Waals surface area contributed by atoms with Gasteiger partial charge in [-0.2, -0.15) is 0 Å². The number of nitrogens with zero attached hydrogens (tertiary/aromatic N) is 2. The largest absolute Gasteiger partial charge is 0.341 e. The summed E-state index contributed by atoms with van der Waals surface area (Å²) in [5.41, 5.74) is 0.791. The molecule has 1 aliphatic carbocycles. The van der Waals surface area contributed by atoms with E-state index in [-0.39, 0.29) is 23.6 Å². The molecule has 1 saturated heterocycles. The molecular weight excluding hydrogens is 378 g/mol. The Morgan fingerprint density at radius 2 is 1.57 bits per heavy atom. The van der Waals surface area contributed by atoms with E-state index in [1.54, 1.807) is 4.90 Å². The highest BCUT2D eigenvalue weighted by Gasteiger charge is 2.31. The predicted octanol–water partition coefficient (Wildman–Crippen LogP) is 3.14. The molecule has 0 spiro atoms. The van der Waals surface area contributed by atoms with Gasteiger partial charge in [0.25, 0.3) is 0 Å². The third-order valence-corrected chi connectivity index (χ3v) is 6.16. The fourth-order valence-electron chi connectivity index (χ4n) is 4.47. The van der Waals surface area contributed by atoms with Crippen molar-refractivity contribution in [1.82, 2.24) is 15.1 Å². The minimum Gasteiger partial charge on any atom is -0.341 e. The van der Waals surface area contributed by atoms with E-state index in [1.807, 2.05) is 49.1 Å². The summed E-state index contributed by atoms with van der Waals surface area (Å²) in [5.74, 6) is 0.777. The van der Waals surface area contributed by atoms with Crippen LogP contribution in [0.4, 0.5) is 0 Å². The Bertz CT molecular complexity index is 720. The monoisotopic (exact) mass is 413 g/mol. The molecule has 3 amide bonds. The van der Waals surface area contributed by atoms with Crippen LogP contribution in [-0.2, 0) is 14.4 Å². The van der Waals surface area contributed by atoms with Crippen LogP contribution in [0.1, 0.15) is 64.0 Å². The number of carbonyl (C=O) groups excluding carboxylic acids is 3. The lowest BCUT2D eigenvalue weighted by molar-refractivity contribution is -0.142. The maximum Gasteiger partial charge on any atom is 0.249 e.